The van der Waals surface area contributed by atoms with Crippen LogP contribution < -0.4 is 15.2 Å². The number of benzene rings is 1. The fraction of sp³-hybridized carbons (Fsp3) is 0.632. The third kappa shape index (κ3) is 1.82. The highest BCUT2D eigenvalue weighted by molar-refractivity contribution is 5.82. The highest BCUT2D eigenvalue weighted by atomic mass is 16.5. The van der Waals surface area contributed by atoms with Crippen LogP contribution in [0.4, 0.5) is 0 Å². The standard InChI is InChI=1S/C19H26N2O3/c1-11-9-19-14-7-17(24-3)16(23-2)6-12(14)4-5-21(19)18(22)8-15(19)13(11)10-20/h6-7,11,13,15H,4-5,8-10,20H2,1-3H3. The van der Waals surface area contributed by atoms with Gasteiger partial charge in [0.1, 0.15) is 0 Å². The summed E-state index contributed by atoms with van der Waals surface area (Å²) in [5, 5.41) is 0. The van der Waals surface area contributed by atoms with E-state index >= 15 is 0 Å². The van der Waals surface area contributed by atoms with Crippen LogP contribution in [0, 0.1) is 17.8 Å². The summed E-state index contributed by atoms with van der Waals surface area (Å²) in [6, 6.07) is 4.21. The molecule has 130 valence electrons. The van der Waals surface area contributed by atoms with Crippen LogP contribution in [-0.4, -0.2) is 38.1 Å². The lowest BCUT2D eigenvalue weighted by Crippen LogP contribution is -2.49. The Labute approximate surface area is 143 Å². The average molecular weight is 330 g/mol. The third-order valence-corrected chi connectivity index (χ3v) is 6.62. The number of amides is 1. The molecule has 2 heterocycles. The van der Waals surface area contributed by atoms with Crippen molar-refractivity contribution in [1.82, 2.24) is 4.90 Å². The largest absolute Gasteiger partial charge is 0.493 e. The first-order valence-corrected chi connectivity index (χ1v) is 8.82. The van der Waals surface area contributed by atoms with Crippen LogP contribution >= 0.6 is 0 Å². The predicted octanol–water partition coefficient (Wildman–Crippen LogP) is 1.92. The SMILES string of the molecule is COc1cc2c(cc1OC)C13CC(C)C(CN)C1CC(=O)N3CC2. The molecule has 1 saturated heterocycles. The molecular formula is C19H26N2O3. The van der Waals surface area contributed by atoms with E-state index in [4.69, 9.17) is 15.2 Å². The van der Waals surface area contributed by atoms with E-state index < -0.39 is 0 Å². The normalized spacial score (nSPS) is 33.9. The molecule has 4 rings (SSSR count). The van der Waals surface area contributed by atoms with Gasteiger partial charge in [0.25, 0.3) is 0 Å². The summed E-state index contributed by atoms with van der Waals surface area (Å²) in [6.45, 7) is 3.72. The van der Waals surface area contributed by atoms with Crippen molar-refractivity contribution in [2.24, 2.45) is 23.5 Å². The van der Waals surface area contributed by atoms with Crippen molar-refractivity contribution in [3.8, 4) is 11.5 Å². The molecule has 1 aromatic carbocycles. The summed E-state index contributed by atoms with van der Waals surface area (Å²) in [4.78, 5) is 14.8. The van der Waals surface area contributed by atoms with Crippen molar-refractivity contribution in [3.05, 3.63) is 23.3 Å². The van der Waals surface area contributed by atoms with Crippen molar-refractivity contribution < 1.29 is 14.3 Å². The predicted molar refractivity (Wildman–Crippen MR) is 91.1 cm³/mol. The molecule has 1 aliphatic carbocycles. The summed E-state index contributed by atoms with van der Waals surface area (Å²) in [5.74, 6) is 3.03. The monoisotopic (exact) mass is 330 g/mol. The quantitative estimate of drug-likeness (QED) is 0.919. The molecule has 0 radical (unpaired) electrons. The molecule has 1 spiro atoms. The van der Waals surface area contributed by atoms with Crippen LogP contribution in [0.2, 0.25) is 0 Å². The van der Waals surface area contributed by atoms with E-state index in [1.54, 1.807) is 14.2 Å². The summed E-state index contributed by atoms with van der Waals surface area (Å²) in [7, 11) is 3.33. The zero-order valence-corrected chi connectivity index (χ0v) is 14.7. The Morgan fingerprint density at radius 2 is 2.00 bits per heavy atom. The molecule has 1 amide bonds. The maximum Gasteiger partial charge on any atom is 0.223 e. The van der Waals surface area contributed by atoms with Crippen LogP contribution in [0.25, 0.3) is 0 Å². The van der Waals surface area contributed by atoms with Crippen molar-refractivity contribution in [3.63, 3.8) is 0 Å². The second-order valence-corrected chi connectivity index (χ2v) is 7.48. The molecule has 5 nitrogen and oxygen atoms in total. The molecular weight excluding hydrogens is 304 g/mol. The Bertz CT molecular complexity index is 689. The minimum Gasteiger partial charge on any atom is -0.493 e. The molecule has 5 heteroatoms. The van der Waals surface area contributed by atoms with E-state index in [-0.39, 0.29) is 11.4 Å². The lowest BCUT2D eigenvalue weighted by molar-refractivity contribution is -0.132. The topological polar surface area (TPSA) is 64.8 Å². The van der Waals surface area contributed by atoms with Crippen molar-refractivity contribution in [2.45, 2.75) is 31.7 Å². The summed E-state index contributed by atoms with van der Waals surface area (Å²) >= 11 is 0. The van der Waals surface area contributed by atoms with E-state index in [9.17, 15) is 4.79 Å². The first-order valence-electron chi connectivity index (χ1n) is 8.82. The van der Waals surface area contributed by atoms with E-state index in [0.717, 1.165) is 30.9 Å². The van der Waals surface area contributed by atoms with E-state index in [1.807, 2.05) is 0 Å². The number of rotatable bonds is 3. The van der Waals surface area contributed by atoms with Crippen LogP contribution in [0.15, 0.2) is 12.1 Å². The highest BCUT2D eigenvalue weighted by Gasteiger charge is 2.63. The maximum absolute atomic E-state index is 12.7. The molecule has 0 bridgehead atoms. The van der Waals surface area contributed by atoms with Crippen molar-refractivity contribution >= 4 is 5.91 Å². The summed E-state index contributed by atoms with van der Waals surface area (Å²) in [5.41, 5.74) is 8.43. The number of carbonyl (C=O) groups excluding carboxylic acids is 1. The Morgan fingerprint density at radius 1 is 1.29 bits per heavy atom. The molecule has 4 atom stereocenters. The van der Waals surface area contributed by atoms with Gasteiger partial charge in [0, 0.05) is 13.0 Å². The number of carbonyl (C=O) groups is 1. The summed E-state index contributed by atoms with van der Waals surface area (Å²) in [6.07, 6.45) is 2.49. The molecule has 4 unspecified atom stereocenters. The van der Waals surface area contributed by atoms with Gasteiger partial charge in [-0.25, -0.2) is 0 Å². The molecule has 1 aromatic rings. The number of fused-ring (bicyclic) bond motifs is 1. The fourth-order valence-electron chi connectivity index (χ4n) is 5.63. The van der Waals surface area contributed by atoms with Crippen LogP contribution in [0.3, 0.4) is 0 Å². The average Bonchev–Trinajstić information content (AvgIpc) is 3.01. The molecule has 2 N–H and O–H groups in total. The first kappa shape index (κ1) is 15.8. The molecule has 3 aliphatic rings. The van der Waals surface area contributed by atoms with Crippen LogP contribution in [0.1, 0.15) is 30.9 Å². The Kier molecular flexibility index (Phi) is 3.53. The fourth-order valence-corrected chi connectivity index (χ4v) is 5.63. The minimum absolute atomic E-state index is 0.201. The minimum atomic E-state index is -0.201. The second-order valence-electron chi connectivity index (χ2n) is 7.48. The molecule has 1 saturated carbocycles. The lowest BCUT2D eigenvalue weighted by Gasteiger charge is -2.45. The maximum atomic E-state index is 12.7. The summed E-state index contributed by atoms with van der Waals surface area (Å²) < 4.78 is 11.0. The Balaban J connectivity index is 1.92. The lowest BCUT2D eigenvalue weighted by atomic mass is 9.74. The van der Waals surface area contributed by atoms with Gasteiger partial charge in [-0.15, -0.1) is 0 Å². The first-order chi connectivity index (χ1) is 11.6. The van der Waals surface area contributed by atoms with Gasteiger partial charge in [0.15, 0.2) is 11.5 Å². The second kappa shape index (κ2) is 5.38. The number of hydrogen-bond donors (Lipinski definition) is 1. The van der Waals surface area contributed by atoms with E-state index in [0.29, 0.717) is 30.7 Å². The van der Waals surface area contributed by atoms with Gasteiger partial charge >= 0.3 is 0 Å². The molecule has 0 aromatic heterocycles. The van der Waals surface area contributed by atoms with Crippen molar-refractivity contribution in [2.75, 3.05) is 27.3 Å². The number of hydrogen-bond acceptors (Lipinski definition) is 4. The van der Waals surface area contributed by atoms with Crippen LogP contribution in [-0.2, 0) is 16.8 Å². The van der Waals surface area contributed by atoms with Gasteiger partial charge < -0.3 is 20.1 Å². The van der Waals surface area contributed by atoms with Gasteiger partial charge in [-0.1, -0.05) is 6.92 Å². The number of methoxy groups -OCH3 is 2. The van der Waals surface area contributed by atoms with Crippen LogP contribution in [0.5, 0.6) is 11.5 Å². The smallest absolute Gasteiger partial charge is 0.223 e. The zero-order chi connectivity index (χ0) is 17.1. The van der Waals surface area contributed by atoms with Crippen molar-refractivity contribution in [1.29, 1.82) is 0 Å². The zero-order valence-electron chi connectivity index (χ0n) is 14.7. The third-order valence-electron chi connectivity index (χ3n) is 6.62. The van der Waals surface area contributed by atoms with Gasteiger partial charge in [-0.05, 0) is 60.4 Å². The van der Waals surface area contributed by atoms with E-state index in [1.165, 1.54) is 11.1 Å². The number of nitrogens with two attached hydrogens (primary N) is 1. The van der Waals surface area contributed by atoms with Gasteiger partial charge in [-0.3, -0.25) is 4.79 Å². The van der Waals surface area contributed by atoms with Gasteiger partial charge in [-0.2, -0.15) is 0 Å². The Hall–Kier alpha value is -1.75. The van der Waals surface area contributed by atoms with Gasteiger partial charge in [0.05, 0.1) is 19.8 Å². The molecule has 24 heavy (non-hydrogen) atoms. The number of ether oxygens (including phenoxy) is 2. The molecule has 2 fully saturated rings. The van der Waals surface area contributed by atoms with Gasteiger partial charge in [0.2, 0.25) is 5.91 Å². The molecule has 2 aliphatic heterocycles. The number of nitrogens with zero attached hydrogens (tertiary/aromatic N) is 1. The van der Waals surface area contributed by atoms with E-state index in [2.05, 4.69) is 24.0 Å². The Morgan fingerprint density at radius 3 is 2.67 bits per heavy atom. The highest BCUT2D eigenvalue weighted by Crippen LogP contribution is 2.61.